The van der Waals surface area contributed by atoms with Gasteiger partial charge in [0.2, 0.25) is 0 Å². The van der Waals surface area contributed by atoms with Crippen molar-refractivity contribution in [1.82, 2.24) is 15.3 Å². The zero-order chi connectivity index (χ0) is 13.8. The Kier molecular flexibility index (Phi) is 4.76. The second kappa shape index (κ2) is 6.34. The van der Waals surface area contributed by atoms with Gasteiger partial charge in [-0.15, -0.1) is 0 Å². The molecule has 0 aliphatic carbocycles. The predicted molar refractivity (Wildman–Crippen MR) is 75.5 cm³/mol. The van der Waals surface area contributed by atoms with Crippen molar-refractivity contribution in [2.24, 2.45) is 0 Å². The first-order valence-electron chi connectivity index (χ1n) is 6.56. The molecule has 2 heterocycles. The lowest BCUT2D eigenvalue weighted by atomic mass is 10.1. The van der Waals surface area contributed by atoms with Crippen LogP contribution in [0.4, 0.5) is 0 Å². The SMILES string of the molecule is CCC(C)SCc1nc2c(c(C(=O)O)n1)CNCC2. The van der Waals surface area contributed by atoms with Crippen molar-refractivity contribution in [3.8, 4) is 0 Å². The van der Waals surface area contributed by atoms with E-state index in [4.69, 9.17) is 0 Å². The minimum absolute atomic E-state index is 0.164. The number of carboxylic acid groups (broad SMARTS) is 1. The van der Waals surface area contributed by atoms with E-state index in [1.54, 1.807) is 11.8 Å². The normalized spacial score (nSPS) is 15.9. The summed E-state index contributed by atoms with van der Waals surface area (Å²) in [7, 11) is 0. The van der Waals surface area contributed by atoms with Crippen LogP contribution in [-0.4, -0.2) is 32.8 Å². The first-order valence-corrected chi connectivity index (χ1v) is 7.61. The topological polar surface area (TPSA) is 75.1 Å². The summed E-state index contributed by atoms with van der Waals surface area (Å²) in [5.41, 5.74) is 1.80. The van der Waals surface area contributed by atoms with Crippen LogP contribution in [0.15, 0.2) is 0 Å². The molecule has 1 aromatic rings. The Balaban J connectivity index is 2.25. The molecule has 0 saturated carbocycles. The minimum Gasteiger partial charge on any atom is -0.476 e. The monoisotopic (exact) mass is 281 g/mol. The maximum Gasteiger partial charge on any atom is 0.354 e. The van der Waals surface area contributed by atoms with Crippen LogP contribution >= 0.6 is 11.8 Å². The van der Waals surface area contributed by atoms with E-state index >= 15 is 0 Å². The van der Waals surface area contributed by atoms with Gasteiger partial charge >= 0.3 is 5.97 Å². The molecule has 0 amide bonds. The van der Waals surface area contributed by atoms with E-state index in [1.807, 2.05) is 0 Å². The number of nitrogens with zero attached hydrogens (tertiary/aromatic N) is 2. The highest BCUT2D eigenvalue weighted by molar-refractivity contribution is 7.99. The molecule has 0 spiro atoms. The average Bonchev–Trinajstić information content (AvgIpc) is 2.43. The molecule has 1 aliphatic rings. The maximum atomic E-state index is 11.3. The number of fused-ring (bicyclic) bond motifs is 1. The molecule has 1 unspecified atom stereocenters. The Bertz CT molecular complexity index is 479. The third kappa shape index (κ3) is 3.45. The Morgan fingerprint density at radius 3 is 3.00 bits per heavy atom. The molecule has 19 heavy (non-hydrogen) atoms. The first kappa shape index (κ1) is 14.3. The molecule has 6 heteroatoms. The Hall–Kier alpha value is -1.14. The van der Waals surface area contributed by atoms with Gasteiger partial charge in [0, 0.05) is 30.3 Å². The summed E-state index contributed by atoms with van der Waals surface area (Å²) in [4.78, 5) is 20.0. The summed E-state index contributed by atoms with van der Waals surface area (Å²) in [6, 6.07) is 0. The molecule has 2 rings (SSSR count). The van der Waals surface area contributed by atoms with Gasteiger partial charge in [0.05, 0.1) is 11.4 Å². The van der Waals surface area contributed by atoms with Crippen LogP contribution in [0.3, 0.4) is 0 Å². The lowest BCUT2D eigenvalue weighted by molar-refractivity contribution is 0.0688. The van der Waals surface area contributed by atoms with Gasteiger partial charge in [0.15, 0.2) is 5.69 Å². The number of rotatable bonds is 5. The van der Waals surface area contributed by atoms with Crippen molar-refractivity contribution >= 4 is 17.7 Å². The van der Waals surface area contributed by atoms with Crippen LogP contribution in [0.2, 0.25) is 0 Å². The summed E-state index contributed by atoms with van der Waals surface area (Å²) in [6.07, 6.45) is 1.87. The molecular formula is C13H19N3O2S. The van der Waals surface area contributed by atoms with E-state index in [1.165, 1.54) is 0 Å². The van der Waals surface area contributed by atoms with Crippen molar-refractivity contribution in [2.75, 3.05) is 6.54 Å². The lowest BCUT2D eigenvalue weighted by Gasteiger charge is -2.18. The zero-order valence-electron chi connectivity index (χ0n) is 11.3. The van der Waals surface area contributed by atoms with Gasteiger partial charge in [-0.05, 0) is 6.42 Å². The van der Waals surface area contributed by atoms with E-state index < -0.39 is 5.97 Å². The minimum atomic E-state index is -0.961. The van der Waals surface area contributed by atoms with Crippen LogP contribution in [0, 0.1) is 0 Å². The standard InChI is InChI=1S/C13H19N3O2S/c1-3-8(2)19-7-11-15-10-4-5-14-6-9(10)12(16-11)13(17)18/h8,14H,3-7H2,1-2H3,(H,17,18). The van der Waals surface area contributed by atoms with Crippen LogP contribution in [-0.2, 0) is 18.7 Å². The average molecular weight is 281 g/mol. The number of aromatic nitrogens is 2. The van der Waals surface area contributed by atoms with Gasteiger partial charge in [0.1, 0.15) is 5.82 Å². The Morgan fingerprint density at radius 1 is 1.53 bits per heavy atom. The summed E-state index contributed by atoms with van der Waals surface area (Å²) < 4.78 is 0. The zero-order valence-corrected chi connectivity index (χ0v) is 12.1. The number of nitrogens with one attached hydrogen (secondary N) is 1. The van der Waals surface area contributed by atoms with E-state index in [9.17, 15) is 9.90 Å². The summed E-state index contributed by atoms with van der Waals surface area (Å²) in [5.74, 6) is 0.358. The van der Waals surface area contributed by atoms with Gasteiger partial charge in [-0.3, -0.25) is 0 Å². The third-order valence-electron chi connectivity index (χ3n) is 3.25. The number of thioether (sulfide) groups is 1. The molecule has 1 atom stereocenters. The van der Waals surface area contributed by atoms with Gasteiger partial charge in [-0.25, -0.2) is 14.8 Å². The predicted octanol–water partition coefficient (Wildman–Crippen LogP) is 1.85. The van der Waals surface area contributed by atoms with E-state index in [0.29, 0.717) is 23.4 Å². The van der Waals surface area contributed by atoms with Crippen LogP contribution in [0.1, 0.15) is 47.8 Å². The molecule has 2 N–H and O–H groups in total. The molecule has 0 fully saturated rings. The number of hydrogen-bond acceptors (Lipinski definition) is 5. The number of aromatic carboxylic acids is 1. The van der Waals surface area contributed by atoms with Crippen molar-refractivity contribution in [1.29, 1.82) is 0 Å². The maximum absolute atomic E-state index is 11.3. The smallest absolute Gasteiger partial charge is 0.354 e. The quantitative estimate of drug-likeness (QED) is 0.858. The molecule has 5 nitrogen and oxygen atoms in total. The van der Waals surface area contributed by atoms with E-state index in [2.05, 4.69) is 29.1 Å². The van der Waals surface area contributed by atoms with E-state index in [-0.39, 0.29) is 5.69 Å². The molecule has 1 aliphatic heterocycles. The highest BCUT2D eigenvalue weighted by atomic mass is 32.2. The largest absolute Gasteiger partial charge is 0.476 e. The second-order valence-corrected chi connectivity index (χ2v) is 6.10. The highest BCUT2D eigenvalue weighted by Gasteiger charge is 2.21. The fourth-order valence-corrected chi connectivity index (χ4v) is 2.77. The molecular weight excluding hydrogens is 262 g/mol. The molecule has 104 valence electrons. The van der Waals surface area contributed by atoms with E-state index in [0.717, 1.165) is 30.6 Å². The molecule has 1 aromatic heterocycles. The number of hydrogen-bond donors (Lipinski definition) is 2. The molecule has 0 bridgehead atoms. The molecule has 0 aromatic carbocycles. The van der Waals surface area contributed by atoms with Gasteiger partial charge in [0.25, 0.3) is 0 Å². The van der Waals surface area contributed by atoms with Crippen molar-refractivity contribution < 1.29 is 9.90 Å². The third-order valence-corrected chi connectivity index (χ3v) is 4.58. The Labute approximate surface area is 117 Å². The Morgan fingerprint density at radius 2 is 2.32 bits per heavy atom. The van der Waals surface area contributed by atoms with Crippen LogP contribution in [0.5, 0.6) is 0 Å². The molecule has 0 saturated heterocycles. The molecule has 0 radical (unpaired) electrons. The van der Waals surface area contributed by atoms with Gasteiger partial charge < -0.3 is 10.4 Å². The first-order chi connectivity index (χ1) is 9.11. The summed E-state index contributed by atoms with van der Waals surface area (Å²) in [6.45, 7) is 5.70. The summed E-state index contributed by atoms with van der Waals surface area (Å²) in [5, 5.41) is 13.0. The van der Waals surface area contributed by atoms with Crippen molar-refractivity contribution in [3.05, 3.63) is 22.8 Å². The van der Waals surface area contributed by atoms with Gasteiger partial charge in [-0.1, -0.05) is 13.8 Å². The van der Waals surface area contributed by atoms with Crippen LogP contribution in [0.25, 0.3) is 0 Å². The second-order valence-electron chi connectivity index (χ2n) is 4.68. The van der Waals surface area contributed by atoms with Gasteiger partial charge in [-0.2, -0.15) is 11.8 Å². The number of carboxylic acids is 1. The lowest BCUT2D eigenvalue weighted by Crippen LogP contribution is -2.28. The van der Waals surface area contributed by atoms with Crippen molar-refractivity contribution in [2.45, 2.75) is 44.2 Å². The highest BCUT2D eigenvalue weighted by Crippen LogP contribution is 2.21. The summed E-state index contributed by atoms with van der Waals surface area (Å²) >= 11 is 1.77. The van der Waals surface area contributed by atoms with Crippen molar-refractivity contribution in [3.63, 3.8) is 0 Å². The fraction of sp³-hybridized carbons (Fsp3) is 0.615. The fourth-order valence-electron chi connectivity index (χ4n) is 1.97. The van der Waals surface area contributed by atoms with Crippen LogP contribution < -0.4 is 5.32 Å². The number of carbonyl (C=O) groups is 1.